The van der Waals surface area contributed by atoms with Gasteiger partial charge in [-0.15, -0.1) is 0 Å². The number of nitrogens with one attached hydrogen (secondary N) is 1. The van der Waals surface area contributed by atoms with E-state index in [1.165, 1.54) is 5.56 Å². The van der Waals surface area contributed by atoms with Crippen molar-refractivity contribution in [1.29, 1.82) is 0 Å². The lowest BCUT2D eigenvalue weighted by atomic mass is 9.74. The molecule has 0 aliphatic carbocycles. The molecule has 0 bridgehead atoms. The third kappa shape index (κ3) is 4.38. The molecule has 2 heterocycles. The van der Waals surface area contributed by atoms with E-state index in [2.05, 4.69) is 30.1 Å². The molecule has 1 amide bonds. The number of hydrogen-bond acceptors (Lipinski definition) is 3. The second-order valence-electron chi connectivity index (χ2n) is 9.45. The van der Waals surface area contributed by atoms with Crippen LogP contribution >= 0.6 is 11.6 Å². The summed E-state index contributed by atoms with van der Waals surface area (Å²) in [4.78, 5) is 15.5. The minimum atomic E-state index is -0.116. The van der Waals surface area contributed by atoms with Crippen LogP contribution in [0.15, 0.2) is 66.7 Å². The zero-order valence-electron chi connectivity index (χ0n) is 19.1. The van der Waals surface area contributed by atoms with Gasteiger partial charge in [0.25, 0.3) is 5.91 Å². The average molecular weight is 461 g/mol. The van der Waals surface area contributed by atoms with E-state index in [0.29, 0.717) is 16.6 Å². The van der Waals surface area contributed by atoms with Gasteiger partial charge in [-0.05, 0) is 93.4 Å². The van der Waals surface area contributed by atoms with Gasteiger partial charge in [0, 0.05) is 33.3 Å². The number of hydrogen-bond donors (Lipinski definition) is 1. The normalized spacial score (nSPS) is 17.1. The van der Waals surface area contributed by atoms with Gasteiger partial charge < -0.3 is 15.0 Å². The first-order valence-electron chi connectivity index (χ1n) is 11.6. The smallest absolute Gasteiger partial charge is 0.255 e. The summed E-state index contributed by atoms with van der Waals surface area (Å²) >= 11 is 6.11. The van der Waals surface area contributed by atoms with Gasteiger partial charge >= 0.3 is 0 Å². The SMILES string of the molecule is CC(C)N1CCC2(CC1)COc1ccc(NC(=O)c3ccc(-c4cccc(Cl)c4)cc3)cc12. The molecule has 5 rings (SSSR count). The van der Waals surface area contributed by atoms with E-state index in [0.717, 1.165) is 55.1 Å². The number of likely N-dealkylation sites (tertiary alicyclic amines) is 1. The summed E-state index contributed by atoms with van der Waals surface area (Å²) in [6.45, 7) is 7.40. The fraction of sp³-hybridized carbons (Fsp3) is 0.321. The van der Waals surface area contributed by atoms with Crippen LogP contribution in [-0.2, 0) is 5.41 Å². The minimum Gasteiger partial charge on any atom is -0.492 e. The lowest BCUT2D eigenvalue weighted by Gasteiger charge is -2.40. The van der Waals surface area contributed by atoms with Gasteiger partial charge in [0.05, 0.1) is 6.61 Å². The summed E-state index contributed by atoms with van der Waals surface area (Å²) < 4.78 is 6.06. The van der Waals surface area contributed by atoms with Crippen molar-refractivity contribution in [2.45, 2.75) is 38.1 Å². The van der Waals surface area contributed by atoms with E-state index in [1.54, 1.807) is 0 Å². The van der Waals surface area contributed by atoms with Crippen molar-refractivity contribution in [2.75, 3.05) is 25.0 Å². The monoisotopic (exact) mass is 460 g/mol. The van der Waals surface area contributed by atoms with Crippen molar-refractivity contribution in [2.24, 2.45) is 0 Å². The molecule has 170 valence electrons. The highest BCUT2D eigenvalue weighted by Gasteiger charge is 2.43. The van der Waals surface area contributed by atoms with Crippen molar-refractivity contribution in [3.8, 4) is 16.9 Å². The highest BCUT2D eigenvalue weighted by atomic mass is 35.5. The molecular weight excluding hydrogens is 432 g/mol. The second-order valence-corrected chi connectivity index (χ2v) is 9.89. The van der Waals surface area contributed by atoms with Crippen LogP contribution in [-0.4, -0.2) is 36.5 Å². The van der Waals surface area contributed by atoms with Crippen LogP contribution in [0.5, 0.6) is 5.75 Å². The number of piperidine rings is 1. The van der Waals surface area contributed by atoms with Gasteiger partial charge in [-0.2, -0.15) is 0 Å². The molecule has 1 fully saturated rings. The van der Waals surface area contributed by atoms with Crippen molar-refractivity contribution >= 4 is 23.2 Å². The largest absolute Gasteiger partial charge is 0.492 e. The Hall–Kier alpha value is -2.82. The van der Waals surface area contributed by atoms with Crippen LogP contribution in [0.2, 0.25) is 5.02 Å². The predicted octanol–water partition coefficient (Wildman–Crippen LogP) is 6.39. The van der Waals surface area contributed by atoms with Gasteiger partial charge in [-0.1, -0.05) is 35.9 Å². The lowest BCUT2D eigenvalue weighted by Crippen LogP contribution is -2.46. The van der Waals surface area contributed by atoms with E-state index in [9.17, 15) is 4.79 Å². The van der Waals surface area contributed by atoms with Gasteiger partial charge in [0.15, 0.2) is 0 Å². The number of nitrogens with zero attached hydrogens (tertiary/aromatic N) is 1. The Balaban J connectivity index is 1.31. The standard InChI is InChI=1S/C28H29ClN2O2/c1-19(2)31-14-12-28(13-15-31)18-33-26-11-10-24(17-25(26)28)30-27(32)21-8-6-20(7-9-21)22-4-3-5-23(29)16-22/h3-11,16-17,19H,12-15,18H2,1-2H3,(H,30,32). The number of carbonyl (C=O) groups excluding carboxylic acids is 1. The fourth-order valence-electron chi connectivity index (χ4n) is 5.01. The molecule has 3 aromatic carbocycles. The fourth-order valence-corrected chi connectivity index (χ4v) is 5.20. The van der Waals surface area contributed by atoms with Crippen molar-refractivity contribution in [3.05, 3.63) is 82.9 Å². The third-order valence-electron chi connectivity index (χ3n) is 7.10. The molecule has 1 saturated heterocycles. The molecule has 0 atom stereocenters. The summed E-state index contributed by atoms with van der Waals surface area (Å²) in [7, 11) is 0. The molecule has 1 N–H and O–H groups in total. The maximum absolute atomic E-state index is 12.9. The van der Waals surface area contributed by atoms with Crippen LogP contribution in [0.1, 0.15) is 42.6 Å². The first-order chi connectivity index (χ1) is 15.9. The number of anilines is 1. The number of benzene rings is 3. The third-order valence-corrected chi connectivity index (χ3v) is 7.34. The van der Waals surface area contributed by atoms with Crippen LogP contribution in [0.25, 0.3) is 11.1 Å². The number of halogens is 1. The van der Waals surface area contributed by atoms with Gasteiger partial charge in [-0.25, -0.2) is 0 Å². The van der Waals surface area contributed by atoms with Crippen LogP contribution in [0, 0.1) is 0 Å². The highest BCUT2D eigenvalue weighted by molar-refractivity contribution is 6.30. The summed E-state index contributed by atoms with van der Waals surface area (Å²) in [5.41, 5.74) is 4.78. The number of rotatable bonds is 4. The first kappa shape index (κ1) is 22.0. The quantitative estimate of drug-likeness (QED) is 0.490. The van der Waals surface area contributed by atoms with E-state index in [1.807, 2.05) is 60.7 Å². The molecule has 2 aliphatic heterocycles. The van der Waals surface area contributed by atoms with E-state index < -0.39 is 0 Å². The minimum absolute atomic E-state index is 0.0556. The molecule has 0 unspecified atom stereocenters. The molecular formula is C28H29ClN2O2. The van der Waals surface area contributed by atoms with E-state index in [-0.39, 0.29) is 11.3 Å². The average Bonchev–Trinajstić information content (AvgIpc) is 3.17. The molecule has 1 spiro atoms. The van der Waals surface area contributed by atoms with E-state index in [4.69, 9.17) is 16.3 Å². The maximum Gasteiger partial charge on any atom is 0.255 e. The van der Waals surface area contributed by atoms with Gasteiger partial charge in [0.2, 0.25) is 0 Å². The van der Waals surface area contributed by atoms with Gasteiger partial charge in [0.1, 0.15) is 5.75 Å². The van der Waals surface area contributed by atoms with Crippen LogP contribution in [0.3, 0.4) is 0 Å². The molecule has 4 nitrogen and oxygen atoms in total. The highest BCUT2D eigenvalue weighted by Crippen LogP contribution is 2.46. The summed E-state index contributed by atoms with van der Waals surface area (Å²) in [6, 6.07) is 21.9. The summed E-state index contributed by atoms with van der Waals surface area (Å²) in [5, 5.41) is 3.78. The topological polar surface area (TPSA) is 41.6 Å². The van der Waals surface area contributed by atoms with Gasteiger partial charge in [-0.3, -0.25) is 4.79 Å². The molecule has 5 heteroatoms. The zero-order valence-corrected chi connectivity index (χ0v) is 19.9. The number of ether oxygens (including phenoxy) is 1. The Bertz CT molecular complexity index is 1160. The van der Waals surface area contributed by atoms with Crippen LogP contribution in [0.4, 0.5) is 5.69 Å². The predicted molar refractivity (Wildman–Crippen MR) is 134 cm³/mol. The van der Waals surface area contributed by atoms with Crippen molar-refractivity contribution in [3.63, 3.8) is 0 Å². The Kier molecular flexibility index (Phi) is 5.90. The molecule has 0 aromatic heterocycles. The summed E-state index contributed by atoms with van der Waals surface area (Å²) in [6.07, 6.45) is 2.17. The Labute approximate surface area is 200 Å². The maximum atomic E-state index is 12.9. The summed E-state index contributed by atoms with van der Waals surface area (Å²) in [5.74, 6) is 0.840. The zero-order chi connectivity index (χ0) is 23.0. The lowest BCUT2D eigenvalue weighted by molar-refractivity contribution is 0.102. The molecule has 0 radical (unpaired) electrons. The van der Waals surface area contributed by atoms with Crippen molar-refractivity contribution < 1.29 is 9.53 Å². The van der Waals surface area contributed by atoms with Crippen LogP contribution < -0.4 is 10.1 Å². The molecule has 2 aliphatic rings. The first-order valence-corrected chi connectivity index (χ1v) is 12.0. The number of fused-ring (bicyclic) bond motifs is 2. The number of amides is 1. The Morgan fingerprint density at radius 2 is 1.76 bits per heavy atom. The number of carbonyl (C=O) groups is 1. The Morgan fingerprint density at radius 1 is 1.00 bits per heavy atom. The van der Waals surface area contributed by atoms with Crippen molar-refractivity contribution in [1.82, 2.24) is 4.90 Å². The molecule has 33 heavy (non-hydrogen) atoms. The van der Waals surface area contributed by atoms with E-state index >= 15 is 0 Å². The Morgan fingerprint density at radius 3 is 2.45 bits per heavy atom. The molecule has 0 saturated carbocycles. The molecule has 3 aromatic rings. The second kappa shape index (κ2) is 8.85.